The molecular formula is C30H26Cl3NO4. The van der Waals surface area contributed by atoms with E-state index in [4.69, 9.17) is 48.8 Å². The van der Waals surface area contributed by atoms with Crippen molar-refractivity contribution in [2.45, 2.75) is 44.6 Å². The van der Waals surface area contributed by atoms with Crippen molar-refractivity contribution in [3.05, 3.63) is 104 Å². The first-order chi connectivity index (χ1) is 18.3. The zero-order chi connectivity index (χ0) is 27.0. The summed E-state index contributed by atoms with van der Waals surface area (Å²) in [6.45, 7) is 4.27. The van der Waals surface area contributed by atoms with Crippen LogP contribution >= 0.6 is 34.8 Å². The fourth-order valence-corrected chi connectivity index (χ4v) is 5.70. The number of rotatable bonds is 8. The molecule has 8 heteroatoms. The van der Waals surface area contributed by atoms with E-state index in [-0.39, 0.29) is 24.4 Å². The Kier molecular flexibility index (Phi) is 7.71. The van der Waals surface area contributed by atoms with E-state index in [1.165, 1.54) is 7.11 Å². The minimum Gasteiger partial charge on any atom is -0.489 e. The molecule has 0 spiro atoms. The molecule has 0 amide bonds. The van der Waals surface area contributed by atoms with E-state index in [1.54, 1.807) is 24.3 Å². The lowest BCUT2D eigenvalue weighted by Crippen LogP contribution is -2.02. The van der Waals surface area contributed by atoms with E-state index in [2.05, 4.69) is 5.16 Å². The predicted molar refractivity (Wildman–Crippen MR) is 150 cm³/mol. The van der Waals surface area contributed by atoms with Crippen molar-refractivity contribution in [2.24, 2.45) is 0 Å². The Labute approximate surface area is 236 Å². The van der Waals surface area contributed by atoms with Crippen molar-refractivity contribution in [3.63, 3.8) is 0 Å². The van der Waals surface area contributed by atoms with Crippen LogP contribution in [0.15, 0.2) is 65.2 Å². The number of ether oxygens (including phenoxy) is 2. The highest BCUT2D eigenvalue weighted by Gasteiger charge is 2.40. The first-order valence-electron chi connectivity index (χ1n) is 12.3. The van der Waals surface area contributed by atoms with Crippen LogP contribution in [0.1, 0.15) is 70.8 Å². The standard InChI is InChI=1S/C30H26Cl3NO4/c1-16(2)29-23(28(34-38-29)27-24(31)8-5-9-25(27)32)15-37-19-10-11-20(26(33)13-19)22-14-21(22)17-6-4-7-18(12-17)30(35)36-3/h4-13,16,21-22H,14-15H2,1-3H3. The third kappa shape index (κ3) is 5.28. The average Bonchev–Trinajstić information content (AvgIpc) is 3.58. The van der Waals surface area contributed by atoms with Crippen molar-refractivity contribution in [1.29, 1.82) is 0 Å². The average molecular weight is 571 g/mol. The number of methoxy groups -OCH3 is 1. The van der Waals surface area contributed by atoms with Gasteiger partial charge < -0.3 is 14.0 Å². The van der Waals surface area contributed by atoms with Gasteiger partial charge in [-0.15, -0.1) is 0 Å². The van der Waals surface area contributed by atoms with Crippen LogP contribution in [0.5, 0.6) is 5.75 Å². The first-order valence-corrected chi connectivity index (χ1v) is 13.4. The molecule has 1 aromatic heterocycles. The number of aromatic nitrogens is 1. The van der Waals surface area contributed by atoms with Gasteiger partial charge in [0.2, 0.25) is 0 Å². The van der Waals surface area contributed by atoms with Gasteiger partial charge >= 0.3 is 5.97 Å². The fraction of sp³-hybridized carbons (Fsp3) is 0.267. The molecule has 1 saturated carbocycles. The molecule has 0 aliphatic heterocycles. The Hall–Kier alpha value is -2.99. The molecule has 0 radical (unpaired) electrons. The van der Waals surface area contributed by atoms with Crippen molar-refractivity contribution in [2.75, 3.05) is 7.11 Å². The van der Waals surface area contributed by atoms with Crippen molar-refractivity contribution in [1.82, 2.24) is 5.16 Å². The summed E-state index contributed by atoms with van der Waals surface area (Å²) in [6, 6.07) is 18.7. The Bertz CT molecular complexity index is 1480. The van der Waals surface area contributed by atoms with Crippen molar-refractivity contribution >= 4 is 40.8 Å². The quantitative estimate of drug-likeness (QED) is 0.198. The predicted octanol–water partition coefficient (Wildman–Crippen LogP) is 9.06. The van der Waals surface area contributed by atoms with Crippen LogP contribution in [0.3, 0.4) is 0 Å². The van der Waals surface area contributed by atoms with Crippen LogP contribution < -0.4 is 4.74 Å². The van der Waals surface area contributed by atoms with Gasteiger partial charge in [-0.3, -0.25) is 0 Å². The van der Waals surface area contributed by atoms with Gasteiger partial charge in [0.25, 0.3) is 0 Å². The molecule has 3 aromatic carbocycles. The van der Waals surface area contributed by atoms with E-state index in [9.17, 15) is 4.79 Å². The Morgan fingerprint density at radius 3 is 2.42 bits per heavy atom. The van der Waals surface area contributed by atoms with E-state index in [0.29, 0.717) is 49.3 Å². The summed E-state index contributed by atoms with van der Waals surface area (Å²) in [4.78, 5) is 11.9. The summed E-state index contributed by atoms with van der Waals surface area (Å²) in [7, 11) is 1.39. The lowest BCUT2D eigenvalue weighted by Gasteiger charge is -2.12. The molecule has 0 saturated heterocycles. The number of carbonyl (C=O) groups excluding carboxylic acids is 1. The molecule has 2 unspecified atom stereocenters. The van der Waals surface area contributed by atoms with Gasteiger partial charge in [0.15, 0.2) is 0 Å². The third-order valence-corrected chi connectivity index (χ3v) is 7.78. The smallest absolute Gasteiger partial charge is 0.337 e. The van der Waals surface area contributed by atoms with Crippen LogP contribution in [0, 0.1) is 0 Å². The van der Waals surface area contributed by atoms with Crippen molar-refractivity contribution in [3.8, 4) is 17.0 Å². The number of benzene rings is 3. The van der Waals surface area contributed by atoms with Gasteiger partial charge in [0.1, 0.15) is 23.8 Å². The Balaban J connectivity index is 1.34. The lowest BCUT2D eigenvalue weighted by atomic mass is 10.0. The van der Waals surface area contributed by atoms with E-state index < -0.39 is 0 Å². The second-order valence-corrected chi connectivity index (χ2v) is 10.9. The van der Waals surface area contributed by atoms with Crippen LogP contribution in [0.25, 0.3) is 11.3 Å². The molecule has 38 heavy (non-hydrogen) atoms. The summed E-state index contributed by atoms with van der Waals surface area (Å²) in [6.07, 6.45) is 0.963. The third-order valence-electron chi connectivity index (χ3n) is 6.82. The van der Waals surface area contributed by atoms with Gasteiger partial charge in [-0.1, -0.05) is 78.1 Å². The number of nitrogens with zero attached hydrogens (tertiary/aromatic N) is 1. The molecule has 5 rings (SSSR count). The molecule has 1 aliphatic rings. The van der Waals surface area contributed by atoms with Crippen LogP contribution in [0.2, 0.25) is 15.1 Å². The minimum atomic E-state index is -0.336. The lowest BCUT2D eigenvalue weighted by molar-refractivity contribution is 0.0600. The van der Waals surface area contributed by atoms with E-state index in [1.807, 2.05) is 50.2 Å². The number of carbonyl (C=O) groups is 1. The van der Waals surface area contributed by atoms with E-state index in [0.717, 1.165) is 23.1 Å². The zero-order valence-corrected chi connectivity index (χ0v) is 23.4. The Morgan fingerprint density at radius 2 is 1.74 bits per heavy atom. The maximum atomic E-state index is 11.9. The maximum absolute atomic E-state index is 11.9. The second-order valence-electron chi connectivity index (χ2n) is 9.66. The summed E-state index contributed by atoms with van der Waals surface area (Å²) >= 11 is 19.6. The summed E-state index contributed by atoms with van der Waals surface area (Å²) in [5, 5.41) is 5.91. The molecule has 1 fully saturated rings. The van der Waals surface area contributed by atoms with Gasteiger partial charge in [-0.25, -0.2) is 4.79 Å². The topological polar surface area (TPSA) is 61.6 Å². The maximum Gasteiger partial charge on any atom is 0.337 e. The molecule has 5 nitrogen and oxygen atoms in total. The van der Waals surface area contributed by atoms with E-state index >= 15 is 0 Å². The first kappa shape index (κ1) is 26.6. The van der Waals surface area contributed by atoms with Crippen LogP contribution in [-0.2, 0) is 11.3 Å². The summed E-state index contributed by atoms with van der Waals surface area (Å²) in [5.74, 6) is 1.69. The molecule has 1 heterocycles. The molecule has 2 atom stereocenters. The summed E-state index contributed by atoms with van der Waals surface area (Å²) in [5.41, 5.74) is 4.70. The summed E-state index contributed by atoms with van der Waals surface area (Å²) < 4.78 is 16.7. The van der Waals surface area contributed by atoms with Crippen LogP contribution in [0.4, 0.5) is 0 Å². The highest BCUT2D eigenvalue weighted by Crippen LogP contribution is 2.56. The largest absolute Gasteiger partial charge is 0.489 e. The number of halogens is 3. The minimum absolute atomic E-state index is 0.0894. The molecule has 0 N–H and O–H groups in total. The van der Waals surface area contributed by atoms with Gasteiger partial charge in [0, 0.05) is 16.5 Å². The highest BCUT2D eigenvalue weighted by molar-refractivity contribution is 6.39. The van der Waals surface area contributed by atoms with Crippen LogP contribution in [-0.4, -0.2) is 18.2 Å². The number of hydrogen-bond acceptors (Lipinski definition) is 5. The normalized spacial score (nSPS) is 16.5. The Morgan fingerprint density at radius 1 is 1.00 bits per heavy atom. The highest BCUT2D eigenvalue weighted by atomic mass is 35.5. The molecule has 1 aliphatic carbocycles. The molecule has 0 bridgehead atoms. The molecule has 196 valence electrons. The zero-order valence-electron chi connectivity index (χ0n) is 21.1. The second kappa shape index (κ2) is 11.0. The van der Waals surface area contributed by atoms with Gasteiger partial charge in [0.05, 0.1) is 28.3 Å². The van der Waals surface area contributed by atoms with Gasteiger partial charge in [-0.05, 0) is 65.8 Å². The fourth-order valence-electron chi connectivity index (χ4n) is 4.81. The monoisotopic (exact) mass is 569 g/mol. The SMILES string of the molecule is COC(=O)c1cccc(C2CC2c2ccc(OCc3c(-c4c(Cl)cccc4Cl)noc3C(C)C)cc2Cl)c1. The molecular weight excluding hydrogens is 545 g/mol. The number of esters is 1. The van der Waals surface area contributed by atoms with Gasteiger partial charge in [-0.2, -0.15) is 0 Å². The van der Waals surface area contributed by atoms with Crippen molar-refractivity contribution < 1.29 is 18.8 Å². The number of hydrogen-bond donors (Lipinski definition) is 0. The molecule has 4 aromatic rings.